The SMILES string of the molecule is Cc1c(CNC2CC(C)CCC2C(C)C)cc(C#N)n1C. The smallest absolute Gasteiger partial charge is 0.120 e. The summed E-state index contributed by atoms with van der Waals surface area (Å²) < 4.78 is 1.99. The normalized spacial score (nSPS) is 26.0. The van der Waals surface area contributed by atoms with E-state index in [2.05, 4.69) is 39.1 Å². The van der Waals surface area contributed by atoms with Gasteiger partial charge in [-0.1, -0.05) is 27.2 Å². The van der Waals surface area contributed by atoms with Gasteiger partial charge in [0.05, 0.1) is 0 Å². The van der Waals surface area contributed by atoms with Crippen molar-refractivity contribution in [1.82, 2.24) is 9.88 Å². The minimum atomic E-state index is 0.610. The maximum Gasteiger partial charge on any atom is 0.120 e. The average Bonchev–Trinajstić information content (AvgIpc) is 2.72. The highest BCUT2D eigenvalue weighted by molar-refractivity contribution is 5.34. The predicted octanol–water partition coefficient (Wildman–Crippen LogP) is 3.76. The fourth-order valence-corrected chi connectivity index (χ4v) is 3.73. The largest absolute Gasteiger partial charge is 0.340 e. The third-order valence-electron chi connectivity index (χ3n) is 5.33. The molecule has 3 heteroatoms. The van der Waals surface area contributed by atoms with Gasteiger partial charge in [0, 0.05) is 25.3 Å². The maximum atomic E-state index is 9.13. The van der Waals surface area contributed by atoms with E-state index < -0.39 is 0 Å². The van der Waals surface area contributed by atoms with Crippen LogP contribution in [0.5, 0.6) is 0 Å². The Morgan fingerprint density at radius 1 is 1.43 bits per heavy atom. The van der Waals surface area contributed by atoms with Crippen LogP contribution in [-0.4, -0.2) is 10.6 Å². The zero-order valence-electron chi connectivity index (χ0n) is 14.1. The first kappa shape index (κ1) is 16.1. The Balaban J connectivity index is 2.05. The number of nitrogens with zero attached hydrogens (tertiary/aromatic N) is 2. The zero-order valence-corrected chi connectivity index (χ0v) is 14.1. The van der Waals surface area contributed by atoms with Crippen LogP contribution in [0.15, 0.2) is 6.07 Å². The summed E-state index contributed by atoms with van der Waals surface area (Å²) in [4.78, 5) is 0. The van der Waals surface area contributed by atoms with Crippen LogP contribution >= 0.6 is 0 Å². The summed E-state index contributed by atoms with van der Waals surface area (Å²) in [6.45, 7) is 10.0. The quantitative estimate of drug-likeness (QED) is 0.916. The molecule has 0 aliphatic heterocycles. The van der Waals surface area contributed by atoms with E-state index in [1.54, 1.807) is 0 Å². The van der Waals surface area contributed by atoms with Crippen molar-refractivity contribution in [3.05, 3.63) is 23.0 Å². The molecule has 1 saturated carbocycles. The lowest BCUT2D eigenvalue weighted by Crippen LogP contribution is -2.42. The summed E-state index contributed by atoms with van der Waals surface area (Å²) >= 11 is 0. The van der Waals surface area contributed by atoms with E-state index in [0.717, 1.165) is 30.0 Å². The summed E-state index contributed by atoms with van der Waals surface area (Å²) in [5.41, 5.74) is 3.21. The number of aromatic nitrogens is 1. The van der Waals surface area contributed by atoms with Crippen molar-refractivity contribution in [3.63, 3.8) is 0 Å². The molecule has 1 aromatic rings. The minimum absolute atomic E-state index is 0.610. The topological polar surface area (TPSA) is 40.8 Å². The Hall–Kier alpha value is -1.27. The number of hydrogen-bond acceptors (Lipinski definition) is 2. The molecule has 21 heavy (non-hydrogen) atoms. The fraction of sp³-hybridized carbons (Fsp3) is 0.722. The van der Waals surface area contributed by atoms with Gasteiger partial charge in [-0.05, 0) is 49.1 Å². The second-order valence-corrected chi connectivity index (χ2v) is 7.12. The highest BCUT2D eigenvalue weighted by Crippen LogP contribution is 2.33. The van der Waals surface area contributed by atoms with Crippen LogP contribution in [0.2, 0.25) is 0 Å². The highest BCUT2D eigenvalue weighted by Gasteiger charge is 2.30. The summed E-state index contributed by atoms with van der Waals surface area (Å²) in [5.74, 6) is 2.34. The second kappa shape index (κ2) is 6.66. The lowest BCUT2D eigenvalue weighted by atomic mass is 9.74. The monoisotopic (exact) mass is 287 g/mol. The highest BCUT2D eigenvalue weighted by atomic mass is 15.0. The molecular formula is C18H29N3. The molecule has 2 rings (SSSR count). The lowest BCUT2D eigenvalue weighted by molar-refractivity contribution is 0.169. The van der Waals surface area contributed by atoms with E-state index in [1.165, 1.54) is 30.5 Å². The molecule has 0 saturated heterocycles. The molecule has 3 unspecified atom stereocenters. The molecule has 3 nitrogen and oxygen atoms in total. The molecule has 1 aromatic heterocycles. The Bertz CT molecular complexity index is 521. The minimum Gasteiger partial charge on any atom is -0.340 e. The van der Waals surface area contributed by atoms with Gasteiger partial charge in [0.25, 0.3) is 0 Å². The van der Waals surface area contributed by atoms with Crippen LogP contribution < -0.4 is 5.32 Å². The van der Waals surface area contributed by atoms with E-state index in [4.69, 9.17) is 5.26 Å². The van der Waals surface area contributed by atoms with Gasteiger partial charge in [-0.15, -0.1) is 0 Å². The van der Waals surface area contributed by atoms with Gasteiger partial charge < -0.3 is 9.88 Å². The van der Waals surface area contributed by atoms with Crippen molar-refractivity contribution in [1.29, 1.82) is 5.26 Å². The number of nitrogens with one attached hydrogen (secondary N) is 1. The van der Waals surface area contributed by atoms with Crippen molar-refractivity contribution in [2.75, 3.05) is 0 Å². The Kier molecular flexibility index (Phi) is 5.11. The molecule has 1 N–H and O–H groups in total. The first-order valence-corrected chi connectivity index (χ1v) is 8.22. The van der Waals surface area contributed by atoms with Crippen molar-refractivity contribution in [2.24, 2.45) is 24.8 Å². The molecule has 0 amide bonds. The molecule has 1 aliphatic rings. The fourth-order valence-electron chi connectivity index (χ4n) is 3.73. The van der Waals surface area contributed by atoms with Gasteiger partial charge in [-0.3, -0.25) is 0 Å². The van der Waals surface area contributed by atoms with Crippen molar-refractivity contribution >= 4 is 0 Å². The number of nitriles is 1. The predicted molar refractivity (Wildman–Crippen MR) is 86.8 cm³/mol. The number of rotatable bonds is 4. The number of hydrogen-bond donors (Lipinski definition) is 1. The van der Waals surface area contributed by atoms with E-state index in [0.29, 0.717) is 6.04 Å². The van der Waals surface area contributed by atoms with Crippen molar-refractivity contribution < 1.29 is 0 Å². The van der Waals surface area contributed by atoms with Crippen LogP contribution in [0.25, 0.3) is 0 Å². The van der Waals surface area contributed by atoms with Gasteiger partial charge in [-0.2, -0.15) is 5.26 Å². The van der Waals surface area contributed by atoms with E-state index in [-0.39, 0.29) is 0 Å². The first-order valence-electron chi connectivity index (χ1n) is 8.22. The van der Waals surface area contributed by atoms with Crippen molar-refractivity contribution in [2.45, 2.75) is 59.5 Å². The van der Waals surface area contributed by atoms with E-state index in [1.807, 2.05) is 17.7 Å². The molecule has 0 bridgehead atoms. The van der Waals surface area contributed by atoms with Crippen LogP contribution in [-0.2, 0) is 13.6 Å². The molecule has 0 spiro atoms. The van der Waals surface area contributed by atoms with Gasteiger partial charge in [0.2, 0.25) is 0 Å². The first-order chi connectivity index (χ1) is 9.93. The van der Waals surface area contributed by atoms with Crippen LogP contribution in [0.3, 0.4) is 0 Å². The second-order valence-electron chi connectivity index (χ2n) is 7.12. The van der Waals surface area contributed by atoms with Crippen LogP contribution in [0, 0.1) is 36.0 Å². The van der Waals surface area contributed by atoms with Crippen molar-refractivity contribution in [3.8, 4) is 6.07 Å². The third kappa shape index (κ3) is 3.49. The Morgan fingerprint density at radius 2 is 2.14 bits per heavy atom. The van der Waals surface area contributed by atoms with Crippen LogP contribution in [0.4, 0.5) is 0 Å². The van der Waals surface area contributed by atoms with Gasteiger partial charge in [-0.25, -0.2) is 0 Å². The molecule has 3 atom stereocenters. The molecule has 1 heterocycles. The van der Waals surface area contributed by atoms with Gasteiger partial charge in [0.1, 0.15) is 11.8 Å². The Morgan fingerprint density at radius 3 is 2.71 bits per heavy atom. The summed E-state index contributed by atoms with van der Waals surface area (Å²) in [7, 11) is 1.97. The lowest BCUT2D eigenvalue weighted by Gasteiger charge is -2.38. The third-order valence-corrected chi connectivity index (χ3v) is 5.33. The molecule has 0 aromatic carbocycles. The maximum absolute atomic E-state index is 9.13. The summed E-state index contributed by atoms with van der Waals surface area (Å²) in [5, 5.41) is 12.9. The van der Waals surface area contributed by atoms with Gasteiger partial charge in [0.15, 0.2) is 0 Å². The van der Waals surface area contributed by atoms with E-state index >= 15 is 0 Å². The molecule has 1 aliphatic carbocycles. The Labute approximate surface area is 129 Å². The average molecular weight is 287 g/mol. The molecule has 116 valence electrons. The standard InChI is InChI=1S/C18H29N3/c1-12(2)17-7-6-13(3)8-18(17)20-11-15-9-16(10-19)21(5)14(15)4/h9,12-13,17-18,20H,6-8,11H2,1-5H3. The molecule has 1 fully saturated rings. The molecular weight excluding hydrogens is 258 g/mol. The van der Waals surface area contributed by atoms with E-state index in [9.17, 15) is 0 Å². The van der Waals surface area contributed by atoms with Gasteiger partial charge >= 0.3 is 0 Å². The summed E-state index contributed by atoms with van der Waals surface area (Å²) in [6, 6.07) is 4.90. The summed E-state index contributed by atoms with van der Waals surface area (Å²) in [6.07, 6.45) is 3.98. The molecule has 0 radical (unpaired) electrons. The van der Waals surface area contributed by atoms with Crippen LogP contribution in [0.1, 0.15) is 57.0 Å². The zero-order chi connectivity index (χ0) is 15.6.